The summed E-state index contributed by atoms with van der Waals surface area (Å²) in [6.07, 6.45) is 0.205. The van der Waals surface area contributed by atoms with Crippen molar-refractivity contribution < 1.29 is 17.9 Å². The molecule has 6 heteroatoms. The van der Waals surface area contributed by atoms with Crippen LogP contribution >= 0.6 is 0 Å². The Hall–Kier alpha value is -1.76. The number of hydrogen-bond donors (Lipinski definition) is 2. The van der Waals surface area contributed by atoms with Crippen LogP contribution in [0.2, 0.25) is 0 Å². The normalized spacial score (nSPS) is 13.0. The Morgan fingerprint density at radius 3 is 2.45 bits per heavy atom. The van der Waals surface area contributed by atoms with Crippen LogP contribution in [0.5, 0.6) is 0 Å². The summed E-state index contributed by atoms with van der Waals surface area (Å²) < 4.78 is 41.2. The molecule has 0 spiro atoms. The molecular weight excluding hydrogens is 305 g/mol. The van der Waals surface area contributed by atoms with Gasteiger partial charge in [-0.1, -0.05) is 36.4 Å². The van der Waals surface area contributed by atoms with Gasteiger partial charge in [-0.15, -0.1) is 0 Å². The molecule has 0 aromatic heterocycles. The molecule has 2 aromatic rings. The molecular formula is C16H18FNO3S. The van der Waals surface area contributed by atoms with E-state index in [0.29, 0.717) is 11.1 Å². The van der Waals surface area contributed by atoms with Crippen LogP contribution in [-0.2, 0) is 10.0 Å². The highest BCUT2D eigenvalue weighted by Crippen LogP contribution is 2.22. The van der Waals surface area contributed by atoms with Crippen LogP contribution < -0.4 is 4.72 Å². The smallest absolute Gasteiger partial charge is 0.244 e. The summed E-state index contributed by atoms with van der Waals surface area (Å²) in [4.78, 5) is -0.392. The third kappa shape index (κ3) is 3.91. The maximum atomic E-state index is 13.9. The molecule has 2 aromatic carbocycles. The first-order valence-corrected chi connectivity index (χ1v) is 8.36. The van der Waals surface area contributed by atoms with Crippen LogP contribution in [0.4, 0.5) is 4.39 Å². The Kier molecular flexibility index (Phi) is 5.28. The summed E-state index contributed by atoms with van der Waals surface area (Å²) in [7, 11) is -4.01. The molecule has 0 saturated heterocycles. The number of nitrogens with one attached hydrogen (secondary N) is 1. The summed E-state index contributed by atoms with van der Waals surface area (Å²) in [5.74, 6) is -0.789. The second-order valence-electron chi connectivity index (χ2n) is 5.03. The Balaban J connectivity index is 2.32. The molecule has 0 fully saturated rings. The van der Waals surface area contributed by atoms with Gasteiger partial charge in [0.1, 0.15) is 10.7 Å². The predicted octanol–water partition coefficient (Wildman–Crippen LogP) is 2.54. The molecule has 118 valence electrons. The molecule has 0 aliphatic heterocycles. The summed E-state index contributed by atoms with van der Waals surface area (Å²) in [6, 6.07) is 12.2. The first-order chi connectivity index (χ1) is 10.4. The number of halogens is 1. The fraction of sp³-hybridized carbons (Fsp3) is 0.250. The van der Waals surface area contributed by atoms with E-state index in [1.165, 1.54) is 12.1 Å². The lowest BCUT2D eigenvalue weighted by molar-refractivity contribution is 0.272. The maximum absolute atomic E-state index is 13.9. The van der Waals surface area contributed by atoms with Crippen molar-refractivity contribution >= 4 is 10.0 Å². The van der Waals surface area contributed by atoms with Crippen molar-refractivity contribution in [1.29, 1.82) is 0 Å². The summed E-state index contributed by atoms with van der Waals surface area (Å²) in [6.45, 7) is 1.50. The highest BCUT2D eigenvalue weighted by atomic mass is 32.2. The monoisotopic (exact) mass is 323 g/mol. The second-order valence-corrected chi connectivity index (χ2v) is 6.71. The Bertz CT molecular complexity index is 732. The van der Waals surface area contributed by atoms with Crippen LogP contribution in [0.25, 0.3) is 0 Å². The minimum Gasteiger partial charge on any atom is -0.396 e. The van der Waals surface area contributed by atoms with Gasteiger partial charge in [0.25, 0.3) is 0 Å². The van der Waals surface area contributed by atoms with Gasteiger partial charge < -0.3 is 5.11 Å². The third-order valence-corrected chi connectivity index (χ3v) is 4.80. The molecule has 0 bridgehead atoms. The Morgan fingerprint density at radius 2 is 1.86 bits per heavy atom. The predicted molar refractivity (Wildman–Crippen MR) is 82.3 cm³/mol. The lowest BCUT2D eigenvalue weighted by Gasteiger charge is -2.18. The molecule has 0 saturated carbocycles. The van der Waals surface area contributed by atoms with E-state index < -0.39 is 26.8 Å². The number of aliphatic hydroxyl groups is 1. The van der Waals surface area contributed by atoms with Gasteiger partial charge in [0, 0.05) is 12.6 Å². The van der Waals surface area contributed by atoms with E-state index in [0.717, 1.165) is 0 Å². The molecule has 0 aliphatic rings. The van der Waals surface area contributed by atoms with E-state index >= 15 is 0 Å². The Labute approximate surface area is 129 Å². The van der Waals surface area contributed by atoms with E-state index in [1.54, 1.807) is 37.3 Å². The van der Waals surface area contributed by atoms with E-state index in [1.807, 2.05) is 6.07 Å². The van der Waals surface area contributed by atoms with Crippen LogP contribution in [0.1, 0.15) is 23.6 Å². The second kappa shape index (κ2) is 7.00. The van der Waals surface area contributed by atoms with Gasteiger partial charge in [-0.25, -0.2) is 17.5 Å². The molecule has 4 nitrogen and oxygen atoms in total. The quantitative estimate of drug-likeness (QED) is 0.858. The standard InChI is InChI=1S/C16H18FNO3S/c1-12-7-8-16(14(17)11-12)22(20,21)18-15(9-10-19)13-5-3-2-4-6-13/h2-8,11,15,18-19H,9-10H2,1H3/t15-/m1/s1. The lowest BCUT2D eigenvalue weighted by Crippen LogP contribution is -2.30. The molecule has 0 aliphatic carbocycles. The number of aryl methyl sites for hydroxylation is 1. The van der Waals surface area contributed by atoms with Crippen molar-refractivity contribution in [3.8, 4) is 0 Å². The molecule has 0 unspecified atom stereocenters. The van der Waals surface area contributed by atoms with Gasteiger partial charge in [0.05, 0.1) is 0 Å². The summed E-state index contributed by atoms with van der Waals surface area (Å²) >= 11 is 0. The van der Waals surface area contributed by atoms with E-state index in [2.05, 4.69) is 4.72 Å². The van der Waals surface area contributed by atoms with Crippen molar-refractivity contribution in [3.05, 3.63) is 65.5 Å². The van der Waals surface area contributed by atoms with E-state index in [4.69, 9.17) is 5.11 Å². The first kappa shape index (κ1) is 16.6. The number of rotatable bonds is 6. The summed E-state index contributed by atoms with van der Waals surface area (Å²) in [5.41, 5.74) is 1.36. The minimum absolute atomic E-state index is 0.182. The van der Waals surface area contributed by atoms with E-state index in [-0.39, 0.29) is 13.0 Å². The summed E-state index contributed by atoms with van der Waals surface area (Å²) in [5, 5.41) is 9.15. The molecule has 0 amide bonds. The third-order valence-electron chi connectivity index (χ3n) is 3.29. The fourth-order valence-electron chi connectivity index (χ4n) is 2.18. The van der Waals surface area contributed by atoms with Crippen LogP contribution in [0.15, 0.2) is 53.4 Å². The van der Waals surface area contributed by atoms with Gasteiger partial charge in [0.2, 0.25) is 10.0 Å². The largest absolute Gasteiger partial charge is 0.396 e. The molecule has 0 heterocycles. The molecule has 2 N–H and O–H groups in total. The van der Waals surface area contributed by atoms with Gasteiger partial charge in [0.15, 0.2) is 0 Å². The lowest BCUT2D eigenvalue weighted by atomic mass is 10.1. The van der Waals surface area contributed by atoms with Crippen LogP contribution in [-0.4, -0.2) is 20.1 Å². The minimum atomic E-state index is -4.01. The Morgan fingerprint density at radius 1 is 1.18 bits per heavy atom. The van der Waals surface area contributed by atoms with Gasteiger partial charge in [-0.2, -0.15) is 0 Å². The maximum Gasteiger partial charge on any atom is 0.244 e. The average molecular weight is 323 g/mol. The first-order valence-electron chi connectivity index (χ1n) is 6.88. The highest BCUT2D eigenvalue weighted by molar-refractivity contribution is 7.89. The van der Waals surface area contributed by atoms with Gasteiger partial charge in [-0.3, -0.25) is 0 Å². The van der Waals surface area contributed by atoms with Crippen molar-refractivity contribution in [2.45, 2.75) is 24.3 Å². The zero-order chi connectivity index (χ0) is 16.2. The fourth-order valence-corrected chi connectivity index (χ4v) is 3.50. The number of benzene rings is 2. The number of hydrogen-bond acceptors (Lipinski definition) is 3. The molecule has 0 radical (unpaired) electrons. The van der Waals surface area contributed by atoms with Crippen LogP contribution in [0.3, 0.4) is 0 Å². The van der Waals surface area contributed by atoms with Crippen molar-refractivity contribution in [2.24, 2.45) is 0 Å². The molecule has 1 atom stereocenters. The highest BCUT2D eigenvalue weighted by Gasteiger charge is 2.24. The molecule has 2 rings (SSSR count). The van der Waals surface area contributed by atoms with Gasteiger partial charge >= 0.3 is 0 Å². The van der Waals surface area contributed by atoms with Crippen molar-refractivity contribution in [2.75, 3.05) is 6.61 Å². The molecule has 22 heavy (non-hydrogen) atoms. The zero-order valence-corrected chi connectivity index (χ0v) is 13.0. The van der Waals surface area contributed by atoms with Gasteiger partial charge in [-0.05, 0) is 36.6 Å². The number of sulfonamides is 1. The SMILES string of the molecule is Cc1ccc(S(=O)(=O)N[C@H](CCO)c2ccccc2)c(F)c1. The average Bonchev–Trinajstić information content (AvgIpc) is 2.47. The van der Waals surface area contributed by atoms with E-state index in [9.17, 15) is 12.8 Å². The topological polar surface area (TPSA) is 66.4 Å². The van der Waals surface area contributed by atoms with Crippen molar-refractivity contribution in [3.63, 3.8) is 0 Å². The van der Waals surface area contributed by atoms with Crippen LogP contribution in [0, 0.1) is 12.7 Å². The van der Waals surface area contributed by atoms with Crippen molar-refractivity contribution in [1.82, 2.24) is 4.72 Å². The number of aliphatic hydroxyl groups excluding tert-OH is 1. The zero-order valence-electron chi connectivity index (χ0n) is 12.2.